The van der Waals surface area contributed by atoms with E-state index in [1.165, 1.54) is 6.21 Å². The number of ether oxygens (including phenoxy) is 1. The van der Waals surface area contributed by atoms with Crippen molar-refractivity contribution >= 4 is 24.1 Å². The highest BCUT2D eigenvalue weighted by Gasteiger charge is 2.14. The van der Waals surface area contributed by atoms with Crippen molar-refractivity contribution in [3.63, 3.8) is 0 Å². The Morgan fingerprint density at radius 3 is 2.20 bits per heavy atom. The second-order valence-corrected chi connectivity index (χ2v) is 6.23. The first-order chi connectivity index (χ1) is 14.7. The average Bonchev–Trinajstić information content (AvgIpc) is 2.80. The summed E-state index contributed by atoms with van der Waals surface area (Å²) in [6, 6.07) is 25.2. The monoisotopic (exact) mass is 399 g/mol. The molecule has 0 heterocycles. The highest BCUT2D eigenvalue weighted by molar-refractivity contribution is 6.05. The van der Waals surface area contributed by atoms with Gasteiger partial charge >= 0.3 is 0 Å². The third-order valence-corrected chi connectivity index (χ3v) is 4.15. The van der Waals surface area contributed by atoms with E-state index in [2.05, 4.69) is 15.8 Å². The van der Waals surface area contributed by atoms with Crippen LogP contribution in [0.4, 0.5) is 0 Å². The predicted octanol–water partition coefficient (Wildman–Crippen LogP) is 3.62. The fourth-order valence-corrected chi connectivity index (χ4v) is 2.65. The number of benzene rings is 3. The molecule has 0 aromatic heterocycles. The van der Waals surface area contributed by atoms with Crippen LogP contribution in [0.5, 0.6) is 5.75 Å². The zero-order chi connectivity index (χ0) is 21.2. The zero-order valence-electron chi connectivity index (χ0n) is 16.4. The number of rotatable bonds is 7. The molecule has 30 heavy (non-hydrogen) atoms. The number of hydrazone groups is 1. The summed E-state index contributed by atoms with van der Waals surface area (Å²) >= 11 is 0. The Hall–Kier alpha value is -4.19. The maximum Gasteiger partial charge on any atom is 0.287 e. The first-order valence-electron chi connectivity index (χ1n) is 9.27. The van der Waals surface area contributed by atoms with E-state index in [0.717, 1.165) is 5.56 Å². The third kappa shape index (κ3) is 5.65. The van der Waals surface area contributed by atoms with Crippen molar-refractivity contribution in [3.8, 4) is 5.75 Å². The van der Waals surface area contributed by atoms with E-state index in [1.54, 1.807) is 43.5 Å². The zero-order valence-corrected chi connectivity index (χ0v) is 16.4. The Bertz CT molecular complexity index is 1060. The maximum atomic E-state index is 12.7. The number of carbonyl (C=O) groups is 2. The summed E-state index contributed by atoms with van der Waals surface area (Å²) in [5, 5.41) is 6.66. The number of amides is 2. The smallest absolute Gasteiger partial charge is 0.287 e. The van der Waals surface area contributed by atoms with Gasteiger partial charge in [0.05, 0.1) is 13.3 Å². The molecule has 150 valence electrons. The molecule has 0 atom stereocenters. The van der Waals surface area contributed by atoms with E-state index in [4.69, 9.17) is 4.74 Å². The van der Waals surface area contributed by atoms with E-state index in [-0.39, 0.29) is 11.6 Å². The number of methoxy groups -OCH3 is 1. The summed E-state index contributed by atoms with van der Waals surface area (Å²) in [5.41, 5.74) is 4.45. The summed E-state index contributed by atoms with van der Waals surface area (Å²) in [6.45, 7) is 0. The Morgan fingerprint density at radius 1 is 0.867 bits per heavy atom. The lowest BCUT2D eigenvalue weighted by Gasteiger charge is -2.09. The van der Waals surface area contributed by atoms with E-state index in [9.17, 15) is 9.59 Å². The fraction of sp³-hybridized carbons (Fsp3) is 0.0417. The summed E-state index contributed by atoms with van der Waals surface area (Å²) in [7, 11) is 1.56. The second kappa shape index (κ2) is 10.4. The molecule has 0 aliphatic rings. The van der Waals surface area contributed by atoms with Crippen LogP contribution in [-0.2, 0) is 4.79 Å². The first-order valence-corrected chi connectivity index (χ1v) is 9.27. The molecule has 2 amide bonds. The minimum atomic E-state index is -0.547. The van der Waals surface area contributed by atoms with E-state index in [1.807, 2.05) is 54.6 Å². The Balaban J connectivity index is 1.79. The van der Waals surface area contributed by atoms with Gasteiger partial charge < -0.3 is 10.1 Å². The van der Waals surface area contributed by atoms with E-state index >= 15 is 0 Å². The summed E-state index contributed by atoms with van der Waals surface area (Å²) in [4.78, 5) is 25.3. The SMILES string of the molecule is COc1ccccc1C=NNC(=O)/C(=C/c1ccccc1)NC(=O)c1ccccc1. The van der Waals surface area contributed by atoms with Gasteiger partial charge in [0.15, 0.2) is 0 Å². The van der Waals surface area contributed by atoms with Crippen molar-refractivity contribution < 1.29 is 14.3 Å². The summed E-state index contributed by atoms with van der Waals surface area (Å²) < 4.78 is 5.26. The third-order valence-electron chi connectivity index (χ3n) is 4.15. The minimum absolute atomic E-state index is 0.0761. The van der Waals surface area contributed by atoms with Gasteiger partial charge in [-0.2, -0.15) is 5.10 Å². The van der Waals surface area contributed by atoms with Crippen LogP contribution in [0.3, 0.4) is 0 Å². The van der Waals surface area contributed by atoms with Gasteiger partial charge in [-0.25, -0.2) is 5.43 Å². The highest BCUT2D eigenvalue weighted by Crippen LogP contribution is 2.14. The van der Waals surface area contributed by atoms with Crippen molar-refractivity contribution in [2.75, 3.05) is 7.11 Å². The quantitative estimate of drug-likeness (QED) is 0.362. The number of nitrogens with zero attached hydrogens (tertiary/aromatic N) is 1. The molecule has 0 unspecified atom stereocenters. The van der Waals surface area contributed by atoms with Gasteiger partial charge in [0.2, 0.25) is 0 Å². The largest absolute Gasteiger partial charge is 0.496 e. The van der Waals surface area contributed by atoms with Crippen molar-refractivity contribution in [3.05, 3.63) is 107 Å². The number of hydrogen-bond donors (Lipinski definition) is 2. The molecule has 6 nitrogen and oxygen atoms in total. The van der Waals surface area contributed by atoms with E-state index in [0.29, 0.717) is 16.9 Å². The molecule has 0 aliphatic heterocycles. The predicted molar refractivity (Wildman–Crippen MR) is 117 cm³/mol. The Morgan fingerprint density at radius 2 is 1.50 bits per heavy atom. The highest BCUT2D eigenvalue weighted by atomic mass is 16.5. The van der Waals surface area contributed by atoms with Crippen LogP contribution in [0, 0.1) is 0 Å². The molecule has 2 N–H and O–H groups in total. The maximum absolute atomic E-state index is 12.7. The van der Waals surface area contributed by atoms with Gasteiger partial charge in [-0.05, 0) is 35.9 Å². The standard InChI is InChI=1S/C24H21N3O3/c1-30-22-15-9-8-14-20(22)17-25-27-24(29)21(16-18-10-4-2-5-11-18)26-23(28)19-12-6-3-7-13-19/h2-17H,1H3,(H,26,28)(H,27,29)/b21-16-,25-17?. The second-order valence-electron chi connectivity index (χ2n) is 6.23. The molecule has 0 spiro atoms. The van der Waals surface area contributed by atoms with Gasteiger partial charge in [0.25, 0.3) is 11.8 Å². The van der Waals surface area contributed by atoms with Crippen LogP contribution in [0.2, 0.25) is 0 Å². The lowest BCUT2D eigenvalue weighted by molar-refractivity contribution is -0.117. The van der Waals surface area contributed by atoms with Crippen molar-refractivity contribution in [1.82, 2.24) is 10.7 Å². The van der Waals surface area contributed by atoms with Crippen molar-refractivity contribution in [1.29, 1.82) is 0 Å². The number of nitrogens with one attached hydrogen (secondary N) is 2. The number of para-hydroxylation sites is 1. The molecule has 0 aliphatic carbocycles. The molecule has 6 heteroatoms. The Kier molecular flexibility index (Phi) is 7.11. The molecule has 0 saturated heterocycles. The normalized spacial score (nSPS) is 11.2. The molecule has 3 aromatic rings. The number of hydrogen-bond acceptors (Lipinski definition) is 4. The van der Waals surface area contributed by atoms with Crippen LogP contribution in [0.25, 0.3) is 6.08 Å². The molecular weight excluding hydrogens is 378 g/mol. The molecule has 0 saturated carbocycles. The van der Waals surface area contributed by atoms with Gasteiger partial charge in [0.1, 0.15) is 11.4 Å². The van der Waals surface area contributed by atoms with Crippen LogP contribution in [-0.4, -0.2) is 25.1 Å². The first kappa shape index (κ1) is 20.5. The molecule has 3 rings (SSSR count). The molecule has 0 bridgehead atoms. The summed E-state index contributed by atoms with van der Waals surface area (Å²) in [5.74, 6) is -0.302. The van der Waals surface area contributed by atoms with Crippen molar-refractivity contribution in [2.24, 2.45) is 5.10 Å². The molecule has 3 aromatic carbocycles. The minimum Gasteiger partial charge on any atom is -0.496 e. The van der Waals surface area contributed by atoms with Crippen LogP contribution >= 0.6 is 0 Å². The van der Waals surface area contributed by atoms with E-state index < -0.39 is 5.91 Å². The van der Waals surface area contributed by atoms with Crippen LogP contribution in [0.15, 0.2) is 95.7 Å². The topological polar surface area (TPSA) is 79.8 Å². The van der Waals surface area contributed by atoms with Crippen molar-refractivity contribution in [2.45, 2.75) is 0 Å². The lowest BCUT2D eigenvalue weighted by Crippen LogP contribution is -2.32. The fourth-order valence-electron chi connectivity index (χ4n) is 2.65. The average molecular weight is 399 g/mol. The molecular formula is C24H21N3O3. The summed E-state index contributed by atoms with van der Waals surface area (Å²) in [6.07, 6.45) is 3.07. The lowest BCUT2D eigenvalue weighted by atomic mass is 10.1. The van der Waals surface area contributed by atoms with Crippen LogP contribution < -0.4 is 15.5 Å². The van der Waals surface area contributed by atoms with Gasteiger partial charge in [-0.3, -0.25) is 9.59 Å². The van der Waals surface area contributed by atoms with Crippen LogP contribution in [0.1, 0.15) is 21.5 Å². The molecule has 0 radical (unpaired) electrons. The van der Waals surface area contributed by atoms with Gasteiger partial charge in [-0.1, -0.05) is 60.7 Å². The van der Waals surface area contributed by atoms with Gasteiger partial charge in [0, 0.05) is 11.1 Å². The number of carbonyl (C=O) groups excluding carboxylic acids is 2. The van der Waals surface area contributed by atoms with Gasteiger partial charge in [-0.15, -0.1) is 0 Å². The Labute approximate surface area is 174 Å². The molecule has 0 fully saturated rings.